The molecule has 1 aromatic heterocycles. The highest BCUT2D eigenvalue weighted by Crippen LogP contribution is 2.30. The maximum absolute atomic E-state index is 13.2. The zero-order chi connectivity index (χ0) is 11.0. The minimum Gasteiger partial charge on any atom is -0.465 e. The molecule has 0 amide bonds. The van der Waals surface area contributed by atoms with E-state index in [1.54, 1.807) is 0 Å². The molecular weight excluding hydrogens is 222 g/mol. The van der Waals surface area contributed by atoms with E-state index in [1.807, 2.05) is 0 Å². The van der Waals surface area contributed by atoms with Crippen LogP contribution in [-0.2, 0) is 4.74 Å². The van der Waals surface area contributed by atoms with Crippen LogP contribution in [0.15, 0.2) is 18.2 Å². The van der Waals surface area contributed by atoms with Crippen LogP contribution in [0.25, 0.3) is 10.1 Å². The van der Waals surface area contributed by atoms with Crippen molar-refractivity contribution in [1.29, 1.82) is 0 Å². The number of halogens is 2. The predicted octanol–water partition coefficient (Wildman–Crippen LogP) is 2.97. The Morgan fingerprint density at radius 1 is 1.33 bits per heavy atom. The molecule has 0 radical (unpaired) electrons. The fourth-order valence-electron chi connectivity index (χ4n) is 1.26. The quantitative estimate of drug-likeness (QED) is 0.701. The Morgan fingerprint density at radius 2 is 2.00 bits per heavy atom. The molecule has 0 N–H and O–H groups in total. The number of hydrogen-bond donors (Lipinski definition) is 0. The fourth-order valence-corrected chi connectivity index (χ4v) is 2.25. The van der Waals surface area contributed by atoms with Crippen molar-refractivity contribution in [2.24, 2.45) is 0 Å². The lowest BCUT2D eigenvalue weighted by molar-refractivity contribution is 0.0606. The first-order chi connectivity index (χ1) is 7.13. The molecule has 2 aromatic rings. The monoisotopic (exact) mass is 228 g/mol. The largest absolute Gasteiger partial charge is 0.465 e. The van der Waals surface area contributed by atoms with Crippen LogP contribution in [0.3, 0.4) is 0 Å². The van der Waals surface area contributed by atoms with E-state index in [0.717, 1.165) is 23.5 Å². The lowest BCUT2D eigenvalue weighted by Gasteiger charge is -1.91. The Bertz CT molecular complexity index is 494. The fraction of sp³-hybridized carbons (Fsp3) is 0.100. The minimum atomic E-state index is -0.588. The van der Waals surface area contributed by atoms with Gasteiger partial charge in [0, 0.05) is 5.39 Å². The number of ether oxygens (including phenoxy) is 1. The Kier molecular flexibility index (Phi) is 2.40. The average Bonchev–Trinajstić information content (AvgIpc) is 2.68. The van der Waals surface area contributed by atoms with E-state index in [-0.39, 0.29) is 15.0 Å². The molecule has 2 nitrogen and oxygen atoms in total. The van der Waals surface area contributed by atoms with Gasteiger partial charge in [0.1, 0.15) is 16.5 Å². The van der Waals surface area contributed by atoms with Crippen LogP contribution in [0.5, 0.6) is 0 Å². The van der Waals surface area contributed by atoms with Gasteiger partial charge in [0.15, 0.2) is 0 Å². The number of thiophene rings is 1. The van der Waals surface area contributed by atoms with Crippen molar-refractivity contribution in [1.82, 2.24) is 0 Å². The Balaban J connectivity index is 2.70. The van der Waals surface area contributed by atoms with Gasteiger partial charge in [-0.2, -0.15) is 0 Å². The van der Waals surface area contributed by atoms with E-state index < -0.39 is 17.6 Å². The molecule has 78 valence electrons. The van der Waals surface area contributed by atoms with Gasteiger partial charge in [0.2, 0.25) is 0 Å². The summed E-state index contributed by atoms with van der Waals surface area (Å²) in [4.78, 5) is 11.3. The summed E-state index contributed by atoms with van der Waals surface area (Å²) in [7, 11) is 1.22. The molecule has 0 fully saturated rings. The van der Waals surface area contributed by atoms with Gasteiger partial charge in [-0.25, -0.2) is 13.6 Å². The van der Waals surface area contributed by atoms with E-state index in [4.69, 9.17) is 0 Å². The molecule has 2 rings (SSSR count). The summed E-state index contributed by atoms with van der Waals surface area (Å²) >= 11 is 0.881. The summed E-state index contributed by atoms with van der Waals surface area (Å²) in [6, 6.07) is 3.37. The third-order valence-corrected chi connectivity index (χ3v) is 3.09. The second kappa shape index (κ2) is 3.58. The molecule has 0 aliphatic rings. The van der Waals surface area contributed by atoms with E-state index in [9.17, 15) is 13.6 Å². The first-order valence-electron chi connectivity index (χ1n) is 4.09. The number of hydrogen-bond acceptors (Lipinski definition) is 3. The van der Waals surface area contributed by atoms with Gasteiger partial charge in [-0.3, -0.25) is 0 Å². The minimum absolute atomic E-state index is 0.111. The molecular formula is C10H6F2O2S. The van der Waals surface area contributed by atoms with Crippen molar-refractivity contribution in [3.8, 4) is 0 Å². The molecule has 1 aromatic carbocycles. The maximum atomic E-state index is 13.2. The SMILES string of the molecule is COC(=O)c1cc2c(F)ccc(F)c2s1. The molecule has 0 saturated heterocycles. The maximum Gasteiger partial charge on any atom is 0.348 e. The van der Waals surface area contributed by atoms with Crippen LogP contribution in [0.1, 0.15) is 9.67 Å². The first-order valence-corrected chi connectivity index (χ1v) is 4.91. The van der Waals surface area contributed by atoms with Crippen LogP contribution in [0.4, 0.5) is 8.78 Å². The number of carbonyl (C=O) groups excluding carboxylic acids is 1. The summed E-state index contributed by atoms with van der Waals surface area (Å²) in [6.07, 6.45) is 0. The van der Waals surface area contributed by atoms with Crippen LogP contribution >= 0.6 is 11.3 Å². The van der Waals surface area contributed by atoms with Crippen molar-refractivity contribution >= 4 is 27.4 Å². The lowest BCUT2D eigenvalue weighted by Crippen LogP contribution is -1.96. The summed E-state index contributed by atoms with van der Waals surface area (Å²) in [5, 5.41) is 0.111. The van der Waals surface area contributed by atoms with Crippen LogP contribution in [-0.4, -0.2) is 13.1 Å². The highest BCUT2D eigenvalue weighted by molar-refractivity contribution is 7.20. The zero-order valence-electron chi connectivity index (χ0n) is 7.71. The molecule has 15 heavy (non-hydrogen) atoms. The van der Waals surface area contributed by atoms with E-state index in [0.29, 0.717) is 0 Å². The summed E-state index contributed by atoms with van der Waals surface area (Å²) < 4.78 is 31.1. The number of benzene rings is 1. The first kappa shape index (κ1) is 10.0. The number of carbonyl (C=O) groups is 1. The van der Waals surface area contributed by atoms with Gasteiger partial charge in [-0.05, 0) is 18.2 Å². The molecule has 0 saturated carbocycles. The van der Waals surface area contributed by atoms with E-state index in [1.165, 1.54) is 13.2 Å². The van der Waals surface area contributed by atoms with Crippen LogP contribution in [0, 0.1) is 11.6 Å². The molecule has 0 atom stereocenters. The Labute approximate surface area is 88.1 Å². The smallest absolute Gasteiger partial charge is 0.348 e. The van der Waals surface area contributed by atoms with Crippen molar-refractivity contribution < 1.29 is 18.3 Å². The number of fused-ring (bicyclic) bond motifs is 1. The molecule has 0 bridgehead atoms. The summed E-state index contributed by atoms with van der Waals surface area (Å²) in [5.74, 6) is -1.67. The highest BCUT2D eigenvalue weighted by atomic mass is 32.1. The molecule has 5 heteroatoms. The van der Waals surface area contributed by atoms with Crippen molar-refractivity contribution in [2.45, 2.75) is 0 Å². The third-order valence-electron chi connectivity index (χ3n) is 1.97. The number of rotatable bonds is 1. The van der Waals surface area contributed by atoms with E-state index >= 15 is 0 Å². The van der Waals surface area contributed by atoms with Gasteiger partial charge in [0.25, 0.3) is 0 Å². The molecule has 0 spiro atoms. The number of methoxy groups -OCH3 is 1. The third kappa shape index (κ3) is 1.59. The Hall–Kier alpha value is -1.49. The Morgan fingerprint density at radius 3 is 2.60 bits per heavy atom. The van der Waals surface area contributed by atoms with Gasteiger partial charge in [0.05, 0.1) is 11.8 Å². The van der Waals surface area contributed by atoms with Crippen molar-refractivity contribution in [2.75, 3.05) is 7.11 Å². The second-order valence-electron chi connectivity index (χ2n) is 2.87. The summed E-state index contributed by atoms with van der Waals surface area (Å²) in [6.45, 7) is 0. The van der Waals surface area contributed by atoms with Gasteiger partial charge in [-0.15, -0.1) is 11.3 Å². The van der Waals surface area contributed by atoms with Crippen molar-refractivity contribution in [3.05, 3.63) is 34.7 Å². The van der Waals surface area contributed by atoms with Gasteiger partial charge < -0.3 is 4.74 Å². The highest BCUT2D eigenvalue weighted by Gasteiger charge is 2.15. The standard InChI is InChI=1S/C10H6F2O2S/c1-14-10(13)8-4-5-6(11)2-3-7(12)9(5)15-8/h2-4H,1H3. The molecule has 1 heterocycles. The number of esters is 1. The van der Waals surface area contributed by atoms with Crippen LogP contribution in [0.2, 0.25) is 0 Å². The van der Waals surface area contributed by atoms with Crippen LogP contribution < -0.4 is 0 Å². The average molecular weight is 228 g/mol. The molecule has 0 aliphatic carbocycles. The lowest BCUT2D eigenvalue weighted by atomic mass is 10.2. The predicted molar refractivity (Wildman–Crippen MR) is 53.1 cm³/mol. The normalized spacial score (nSPS) is 10.6. The molecule has 0 aliphatic heterocycles. The van der Waals surface area contributed by atoms with Crippen molar-refractivity contribution in [3.63, 3.8) is 0 Å². The van der Waals surface area contributed by atoms with Gasteiger partial charge in [-0.1, -0.05) is 0 Å². The summed E-state index contributed by atoms with van der Waals surface area (Å²) in [5.41, 5.74) is 0. The second-order valence-corrected chi connectivity index (χ2v) is 3.93. The topological polar surface area (TPSA) is 26.3 Å². The molecule has 0 unspecified atom stereocenters. The van der Waals surface area contributed by atoms with E-state index in [2.05, 4.69) is 4.74 Å². The zero-order valence-corrected chi connectivity index (χ0v) is 8.53. The van der Waals surface area contributed by atoms with Gasteiger partial charge >= 0.3 is 5.97 Å².